The number of methoxy groups -OCH3 is 1. The number of benzene rings is 1. The van der Waals surface area contributed by atoms with Crippen LogP contribution in [-0.2, 0) is 11.3 Å². The van der Waals surface area contributed by atoms with Gasteiger partial charge in [-0.25, -0.2) is 0 Å². The molecule has 1 aromatic rings. The van der Waals surface area contributed by atoms with Gasteiger partial charge in [-0.05, 0) is 30.5 Å². The minimum absolute atomic E-state index is 0.0479. The number of nitriles is 1. The minimum atomic E-state index is -0.790. The van der Waals surface area contributed by atoms with Gasteiger partial charge in [-0.15, -0.1) is 0 Å². The molecule has 4 nitrogen and oxygen atoms in total. The highest BCUT2D eigenvalue weighted by Crippen LogP contribution is 2.39. The minimum Gasteiger partial charge on any atom is -0.497 e. The van der Waals surface area contributed by atoms with E-state index in [-0.39, 0.29) is 5.91 Å². The van der Waals surface area contributed by atoms with Gasteiger partial charge in [0, 0.05) is 13.6 Å². The number of carbonyl (C=O) groups is 1. The summed E-state index contributed by atoms with van der Waals surface area (Å²) in [6.45, 7) is 0.520. The summed E-state index contributed by atoms with van der Waals surface area (Å²) in [5.41, 5.74) is 0.244. The van der Waals surface area contributed by atoms with E-state index in [1.165, 1.54) is 0 Å². The molecular weight excluding hydrogens is 252 g/mol. The number of amides is 1. The summed E-state index contributed by atoms with van der Waals surface area (Å²) < 4.78 is 5.11. The van der Waals surface area contributed by atoms with Crippen LogP contribution in [-0.4, -0.2) is 25.0 Å². The first-order chi connectivity index (χ1) is 9.61. The first kappa shape index (κ1) is 14.4. The summed E-state index contributed by atoms with van der Waals surface area (Å²) in [6, 6.07) is 9.89. The predicted molar refractivity (Wildman–Crippen MR) is 76.0 cm³/mol. The zero-order valence-corrected chi connectivity index (χ0v) is 12.1. The van der Waals surface area contributed by atoms with Crippen molar-refractivity contribution in [1.82, 2.24) is 4.90 Å². The van der Waals surface area contributed by atoms with E-state index in [1.807, 2.05) is 24.3 Å². The Labute approximate surface area is 120 Å². The van der Waals surface area contributed by atoms with Crippen molar-refractivity contribution in [2.24, 2.45) is 5.41 Å². The van der Waals surface area contributed by atoms with E-state index in [2.05, 4.69) is 6.07 Å². The number of nitrogens with zero attached hydrogens (tertiary/aromatic N) is 2. The molecule has 0 bridgehead atoms. The third kappa shape index (κ3) is 2.77. The van der Waals surface area contributed by atoms with Gasteiger partial charge in [0.05, 0.1) is 13.2 Å². The molecule has 20 heavy (non-hydrogen) atoms. The Kier molecular flexibility index (Phi) is 4.29. The molecule has 106 valence electrons. The van der Waals surface area contributed by atoms with Crippen molar-refractivity contribution in [3.8, 4) is 11.8 Å². The lowest BCUT2D eigenvalue weighted by Gasteiger charge is -2.26. The molecule has 0 heterocycles. The van der Waals surface area contributed by atoms with E-state index in [0.717, 1.165) is 24.2 Å². The smallest absolute Gasteiger partial charge is 0.243 e. The molecule has 0 aromatic heterocycles. The maximum atomic E-state index is 12.5. The Morgan fingerprint density at radius 2 is 1.95 bits per heavy atom. The summed E-state index contributed by atoms with van der Waals surface area (Å²) in [4.78, 5) is 14.2. The molecule has 0 aliphatic heterocycles. The molecule has 1 aliphatic carbocycles. The Morgan fingerprint density at radius 1 is 1.35 bits per heavy atom. The first-order valence-electron chi connectivity index (χ1n) is 6.91. The lowest BCUT2D eigenvalue weighted by molar-refractivity contribution is -0.138. The van der Waals surface area contributed by atoms with Gasteiger partial charge in [-0.2, -0.15) is 5.26 Å². The molecule has 1 aromatic carbocycles. The van der Waals surface area contributed by atoms with Gasteiger partial charge >= 0.3 is 0 Å². The van der Waals surface area contributed by atoms with Gasteiger partial charge in [-0.3, -0.25) is 4.79 Å². The van der Waals surface area contributed by atoms with E-state index < -0.39 is 5.41 Å². The van der Waals surface area contributed by atoms with Crippen LogP contribution in [0.5, 0.6) is 5.75 Å². The van der Waals surface area contributed by atoms with Crippen LogP contribution in [0.4, 0.5) is 0 Å². The van der Waals surface area contributed by atoms with Crippen molar-refractivity contribution in [2.75, 3.05) is 14.2 Å². The van der Waals surface area contributed by atoms with Gasteiger partial charge in [0.25, 0.3) is 0 Å². The maximum Gasteiger partial charge on any atom is 0.243 e. The highest BCUT2D eigenvalue weighted by Gasteiger charge is 2.43. The lowest BCUT2D eigenvalue weighted by atomic mass is 9.86. The van der Waals surface area contributed by atoms with Crippen molar-refractivity contribution in [1.29, 1.82) is 5.26 Å². The number of hydrogen-bond acceptors (Lipinski definition) is 3. The van der Waals surface area contributed by atoms with Crippen LogP contribution < -0.4 is 4.74 Å². The van der Waals surface area contributed by atoms with Gasteiger partial charge in [0.15, 0.2) is 0 Å². The molecule has 0 unspecified atom stereocenters. The van der Waals surface area contributed by atoms with E-state index >= 15 is 0 Å². The topological polar surface area (TPSA) is 53.3 Å². The Balaban J connectivity index is 2.05. The van der Waals surface area contributed by atoms with Crippen molar-refractivity contribution in [3.63, 3.8) is 0 Å². The summed E-state index contributed by atoms with van der Waals surface area (Å²) in [5, 5.41) is 9.36. The van der Waals surface area contributed by atoms with E-state index in [9.17, 15) is 10.1 Å². The van der Waals surface area contributed by atoms with Gasteiger partial charge in [0.1, 0.15) is 11.2 Å². The molecule has 4 heteroatoms. The lowest BCUT2D eigenvalue weighted by Crippen LogP contribution is -2.39. The fourth-order valence-corrected chi connectivity index (χ4v) is 2.79. The molecule has 0 radical (unpaired) electrons. The standard InChI is InChI=1S/C16H20N2O2/c1-18(11-13-5-7-14(20-2)8-6-13)15(19)16(12-17)9-3-4-10-16/h5-8H,3-4,9-11H2,1-2H3. The summed E-state index contributed by atoms with van der Waals surface area (Å²) >= 11 is 0. The highest BCUT2D eigenvalue weighted by molar-refractivity contribution is 5.85. The van der Waals surface area contributed by atoms with Crippen molar-refractivity contribution >= 4 is 5.91 Å². The molecule has 0 spiro atoms. The van der Waals surface area contributed by atoms with Crippen molar-refractivity contribution < 1.29 is 9.53 Å². The number of ether oxygens (including phenoxy) is 1. The van der Waals surface area contributed by atoms with E-state index in [4.69, 9.17) is 4.74 Å². The SMILES string of the molecule is COc1ccc(CN(C)C(=O)C2(C#N)CCCC2)cc1. The molecule has 1 amide bonds. The average molecular weight is 272 g/mol. The fourth-order valence-electron chi connectivity index (χ4n) is 2.79. The molecule has 0 atom stereocenters. The van der Waals surface area contributed by atoms with Crippen molar-refractivity contribution in [2.45, 2.75) is 32.2 Å². The fraction of sp³-hybridized carbons (Fsp3) is 0.500. The second-order valence-corrected chi connectivity index (χ2v) is 5.41. The van der Waals surface area contributed by atoms with Crippen molar-refractivity contribution in [3.05, 3.63) is 29.8 Å². The summed E-state index contributed by atoms with van der Waals surface area (Å²) in [5.74, 6) is 0.750. The van der Waals surface area contributed by atoms with Crippen LogP contribution in [0.2, 0.25) is 0 Å². The molecule has 1 aliphatic rings. The zero-order chi connectivity index (χ0) is 14.6. The maximum absolute atomic E-state index is 12.5. The molecule has 0 N–H and O–H groups in total. The zero-order valence-electron chi connectivity index (χ0n) is 12.1. The highest BCUT2D eigenvalue weighted by atomic mass is 16.5. The molecular formula is C16H20N2O2. The molecule has 1 fully saturated rings. The second-order valence-electron chi connectivity index (χ2n) is 5.41. The predicted octanol–water partition coefficient (Wildman–Crippen LogP) is 2.74. The van der Waals surface area contributed by atoms with Gasteiger partial charge in [-0.1, -0.05) is 25.0 Å². The largest absolute Gasteiger partial charge is 0.497 e. The first-order valence-corrected chi connectivity index (χ1v) is 6.91. The average Bonchev–Trinajstić information content (AvgIpc) is 2.97. The monoisotopic (exact) mass is 272 g/mol. The van der Waals surface area contributed by atoms with Crippen LogP contribution in [0.1, 0.15) is 31.2 Å². The quantitative estimate of drug-likeness (QED) is 0.846. The van der Waals surface area contributed by atoms with Crippen LogP contribution >= 0.6 is 0 Å². The second kappa shape index (κ2) is 5.96. The summed E-state index contributed by atoms with van der Waals surface area (Å²) in [7, 11) is 3.39. The number of carbonyl (C=O) groups excluding carboxylic acids is 1. The summed E-state index contributed by atoms with van der Waals surface area (Å²) in [6.07, 6.45) is 3.32. The molecule has 2 rings (SSSR count). The Morgan fingerprint density at radius 3 is 2.45 bits per heavy atom. The van der Waals surface area contributed by atoms with Crippen LogP contribution in [0.15, 0.2) is 24.3 Å². The van der Waals surface area contributed by atoms with E-state index in [0.29, 0.717) is 19.4 Å². The van der Waals surface area contributed by atoms with Gasteiger partial charge in [0.2, 0.25) is 5.91 Å². The van der Waals surface area contributed by atoms with Crippen LogP contribution in [0.25, 0.3) is 0 Å². The number of rotatable bonds is 4. The van der Waals surface area contributed by atoms with Crippen LogP contribution in [0, 0.1) is 16.7 Å². The Hall–Kier alpha value is -2.02. The third-order valence-corrected chi connectivity index (χ3v) is 4.01. The van der Waals surface area contributed by atoms with Gasteiger partial charge < -0.3 is 9.64 Å². The molecule has 0 saturated heterocycles. The normalized spacial score (nSPS) is 16.4. The third-order valence-electron chi connectivity index (χ3n) is 4.01. The molecule has 1 saturated carbocycles. The van der Waals surface area contributed by atoms with E-state index in [1.54, 1.807) is 19.1 Å². The van der Waals surface area contributed by atoms with Crippen LogP contribution in [0.3, 0.4) is 0 Å². The number of hydrogen-bond donors (Lipinski definition) is 0. The Bertz CT molecular complexity index is 510.